The summed E-state index contributed by atoms with van der Waals surface area (Å²) < 4.78 is 4.63. The third-order valence-electron chi connectivity index (χ3n) is 10.4. The van der Waals surface area contributed by atoms with Gasteiger partial charge in [0.05, 0.1) is 27.6 Å². The van der Waals surface area contributed by atoms with Gasteiger partial charge in [-0.1, -0.05) is 121 Å². The SMILES string of the molecule is c1ccc(-c2nc(-n3c4ccccc4c4ccc(-c5cc6c7ccccc7n(-c7ccccc7)c6c6ccccc56)cc43)nc3cccnc23)cc1. The maximum atomic E-state index is 5.26. The second kappa shape index (κ2) is 11.2. The van der Waals surface area contributed by atoms with Crippen LogP contribution < -0.4 is 0 Å². The summed E-state index contributed by atoms with van der Waals surface area (Å²) in [6.45, 7) is 0. The van der Waals surface area contributed by atoms with E-state index in [1.54, 1.807) is 0 Å². The molecule has 0 radical (unpaired) electrons. The maximum absolute atomic E-state index is 5.26. The van der Waals surface area contributed by atoms with E-state index in [1.165, 1.54) is 38.1 Å². The number of nitrogens with zero attached hydrogens (tertiary/aromatic N) is 5. The highest BCUT2D eigenvalue weighted by atomic mass is 15.2. The molecule has 0 saturated carbocycles. The van der Waals surface area contributed by atoms with Crippen LogP contribution in [0.2, 0.25) is 0 Å². The van der Waals surface area contributed by atoms with Crippen LogP contribution in [-0.2, 0) is 0 Å². The van der Waals surface area contributed by atoms with Crippen molar-refractivity contribution in [2.24, 2.45) is 0 Å². The summed E-state index contributed by atoms with van der Waals surface area (Å²) in [6, 6.07) is 60.2. The van der Waals surface area contributed by atoms with E-state index in [2.05, 4.69) is 149 Å². The number of hydrogen-bond acceptors (Lipinski definition) is 3. The normalized spacial score (nSPS) is 11.8. The lowest BCUT2D eigenvalue weighted by atomic mass is 9.94. The molecule has 4 aromatic heterocycles. The molecule has 52 heavy (non-hydrogen) atoms. The average Bonchev–Trinajstić information content (AvgIpc) is 3.73. The molecule has 242 valence electrons. The summed E-state index contributed by atoms with van der Waals surface area (Å²) in [5.74, 6) is 0.619. The molecule has 11 aromatic rings. The van der Waals surface area contributed by atoms with Gasteiger partial charge in [-0.05, 0) is 65.0 Å². The second-order valence-electron chi connectivity index (χ2n) is 13.2. The fraction of sp³-hybridized carbons (Fsp3) is 0. The highest BCUT2D eigenvalue weighted by Gasteiger charge is 2.21. The molecule has 11 rings (SSSR count). The minimum atomic E-state index is 0.619. The van der Waals surface area contributed by atoms with Crippen LogP contribution in [0.3, 0.4) is 0 Å². The van der Waals surface area contributed by atoms with Gasteiger partial charge in [-0.2, -0.15) is 0 Å². The van der Waals surface area contributed by atoms with Crippen molar-refractivity contribution in [1.82, 2.24) is 24.1 Å². The van der Waals surface area contributed by atoms with Gasteiger partial charge in [0, 0.05) is 44.4 Å². The van der Waals surface area contributed by atoms with Gasteiger partial charge < -0.3 is 4.57 Å². The van der Waals surface area contributed by atoms with Gasteiger partial charge in [-0.15, -0.1) is 0 Å². The zero-order valence-electron chi connectivity index (χ0n) is 28.0. The van der Waals surface area contributed by atoms with E-state index in [-0.39, 0.29) is 0 Å². The Balaban J connectivity index is 1.22. The van der Waals surface area contributed by atoms with E-state index in [4.69, 9.17) is 15.0 Å². The summed E-state index contributed by atoms with van der Waals surface area (Å²) in [5, 5.41) is 7.19. The van der Waals surface area contributed by atoms with Gasteiger partial charge in [0.1, 0.15) is 11.2 Å². The first-order valence-electron chi connectivity index (χ1n) is 17.5. The van der Waals surface area contributed by atoms with Gasteiger partial charge in [0.25, 0.3) is 0 Å². The predicted octanol–water partition coefficient (Wildman–Crippen LogP) is 11.7. The summed E-state index contributed by atoms with van der Waals surface area (Å²) in [6.07, 6.45) is 1.81. The van der Waals surface area contributed by atoms with Crippen molar-refractivity contribution in [2.45, 2.75) is 0 Å². The number of pyridine rings is 1. The zero-order chi connectivity index (χ0) is 34.2. The Kier molecular flexibility index (Phi) is 6.18. The van der Waals surface area contributed by atoms with Crippen LogP contribution in [0.4, 0.5) is 0 Å². The number of para-hydroxylation sites is 3. The average molecular weight is 664 g/mol. The minimum Gasteiger partial charge on any atom is -0.309 e. The Bertz CT molecular complexity index is 3180. The zero-order valence-corrected chi connectivity index (χ0v) is 28.0. The summed E-state index contributed by atoms with van der Waals surface area (Å²) in [5.41, 5.74) is 11.4. The van der Waals surface area contributed by atoms with Gasteiger partial charge in [-0.3, -0.25) is 9.55 Å². The summed E-state index contributed by atoms with van der Waals surface area (Å²) in [7, 11) is 0. The lowest BCUT2D eigenvalue weighted by Gasteiger charge is -2.14. The molecule has 0 spiro atoms. The number of rotatable bonds is 4. The van der Waals surface area contributed by atoms with Gasteiger partial charge >= 0.3 is 0 Å². The lowest BCUT2D eigenvalue weighted by molar-refractivity contribution is 1.01. The van der Waals surface area contributed by atoms with Crippen molar-refractivity contribution >= 4 is 65.4 Å². The van der Waals surface area contributed by atoms with Crippen molar-refractivity contribution in [3.63, 3.8) is 0 Å². The van der Waals surface area contributed by atoms with Crippen molar-refractivity contribution in [3.8, 4) is 34.0 Å². The van der Waals surface area contributed by atoms with Crippen LogP contribution in [0.25, 0.3) is 99.4 Å². The van der Waals surface area contributed by atoms with Crippen molar-refractivity contribution in [2.75, 3.05) is 0 Å². The van der Waals surface area contributed by atoms with E-state index in [9.17, 15) is 0 Å². The minimum absolute atomic E-state index is 0.619. The molecule has 0 amide bonds. The first-order chi connectivity index (χ1) is 25.8. The van der Waals surface area contributed by atoms with Crippen LogP contribution in [0, 0.1) is 0 Å². The predicted molar refractivity (Wildman–Crippen MR) is 214 cm³/mol. The Morgan fingerprint density at radius 1 is 0.404 bits per heavy atom. The highest BCUT2D eigenvalue weighted by Crippen LogP contribution is 2.43. The molecule has 0 fully saturated rings. The van der Waals surface area contributed by atoms with Crippen molar-refractivity contribution < 1.29 is 0 Å². The molecule has 5 heteroatoms. The van der Waals surface area contributed by atoms with Gasteiger partial charge in [0.15, 0.2) is 0 Å². The third-order valence-corrected chi connectivity index (χ3v) is 10.4. The molecule has 0 bridgehead atoms. The first kappa shape index (κ1) is 28.7. The van der Waals surface area contributed by atoms with E-state index in [0.717, 1.165) is 55.3 Å². The fourth-order valence-corrected chi connectivity index (χ4v) is 8.11. The number of hydrogen-bond donors (Lipinski definition) is 0. The van der Waals surface area contributed by atoms with Gasteiger partial charge in [0.2, 0.25) is 5.95 Å². The smallest absolute Gasteiger partial charge is 0.235 e. The monoisotopic (exact) mass is 663 g/mol. The van der Waals surface area contributed by atoms with Gasteiger partial charge in [-0.25, -0.2) is 9.97 Å². The van der Waals surface area contributed by atoms with Crippen LogP contribution in [0.1, 0.15) is 0 Å². The number of benzene rings is 7. The Labute approximate surface area is 298 Å². The second-order valence-corrected chi connectivity index (χ2v) is 13.2. The van der Waals surface area contributed by atoms with E-state index in [1.807, 2.05) is 36.5 Å². The maximum Gasteiger partial charge on any atom is 0.235 e. The van der Waals surface area contributed by atoms with E-state index in [0.29, 0.717) is 5.95 Å². The molecule has 0 aliphatic carbocycles. The third kappa shape index (κ3) is 4.20. The largest absolute Gasteiger partial charge is 0.309 e. The molecule has 0 N–H and O–H groups in total. The Hall–Kier alpha value is -7.11. The van der Waals surface area contributed by atoms with Crippen LogP contribution in [0.5, 0.6) is 0 Å². The topological polar surface area (TPSA) is 48.5 Å². The fourth-order valence-electron chi connectivity index (χ4n) is 8.11. The molecule has 0 aliphatic heterocycles. The molecule has 0 aliphatic rings. The van der Waals surface area contributed by atoms with Crippen LogP contribution in [0.15, 0.2) is 176 Å². The van der Waals surface area contributed by atoms with Crippen molar-refractivity contribution in [3.05, 3.63) is 176 Å². The van der Waals surface area contributed by atoms with Crippen LogP contribution >= 0.6 is 0 Å². The molecule has 4 heterocycles. The van der Waals surface area contributed by atoms with E-state index >= 15 is 0 Å². The van der Waals surface area contributed by atoms with E-state index < -0.39 is 0 Å². The Morgan fingerprint density at radius 2 is 1.04 bits per heavy atom. The molecular weight excluding hydrogens is 635 g/mol. The standard InChI is InChI=1S/C47H29N5/c1-3-14-30(15-4-1)44-45-40(22-13-27-48-45)49-47(50-44)52-42-24-12-9-19-34(42)36-26-25-31(28-43(36)52)38-29-39-35-20-10-11-23-41(35)51(32-16-5-2-6-17-32)46(39)37-21-8-7-18-33(37)38/h1-29H. The number of aromatic nitrogens is 5. The Morgan fingerprint density at radius 3 is 1.83 bits per heavy atom. The summed E-state index contributed by atoms with van der Waals surface area (Å²) in [4.78, 5) is 15.1. The van der Waals surface area contributed by atoms with Crippen molar-refractivity contribution in [1.29, 1.82) is 0 Å². The molecule has 0 atom stereocenters. The lowest BCUT2D eigenvalue weighted by Crippen LogP contribution is -2.04. The quantitative estimate of drug-likeness (QED) is 0.188. The molecule has 5 nitrogen and oxygen atoms in total. The molecular formula is C47H29N5. The molecule has 0 saturated heterocycles. The molecule has 7 aromatic carbocycles. The number of fused-ring (bicyclic) bond motifs is 9. The first-order valence-corrected chi connectivity index (χ1v) is 17.5. The van der Waals surface area contributed by atoms with Crippen LogP contribution in [-0.4, -0.2) is 24.1 Å². The highest BCUT2D eigenvalue weighted by molar-refractivity contribution is 6.22. The summed E-state index contributed by atoms with van der Waals surface area (Å²) >= 11 is 0. The molecule has 0 unspecified atom stereocenters.